The molecule has 0 aliphatic rings. The Kier molecular flexibility index (Phi) is 6.33. The summed E-state index contributed by atoms with van der Waals surface area (Å²) in [5, 5.41) is 20.9. The molecule has 0 spiro atoms. The van der Waals surface area contributed by atoms with E-state index in [9.17, 15) is 4.79 Å². The first-order valence-electron chi connectivity index (χ1n) is 9.06. The van der Waals surface area contributed by atoms with E-state index in [1.165, 1.54) is 10.4 Å². The van der Waals surface area contributed by atoms with Crippen molar-refractivity contribution in [2.24, 2.45) is 5.73 Å². The number of hydrogen-bond acceptors (Lipinski definition) is 6. The molecule has 0 radical (unpaired) electrons. The van der Waals surface area contributed by atoms with E-state index in [1.54, 1.807) is 0 Å². The minimum Gasteiger partial charge on any atom is -0.490 e. The van der Waals surface area contributed by atoms with Crippen LogP contribution in [0, 0.1) is 0 Å². The highest BCUT2D eigenvalue weighted by Crippen LogP contribution is 2.20. The van der Waals surface area contributed by atoms with E-state index in [2.05, 4.69) is 27.5 Å². The van der Waals surface area contributed by atoms with Crippen LogP contribution in [0.15, 0.2) is 54.6 Å². The Bertz CT molecular complexity index is 896. The van der Waals surface area contributed by atoms with Gasteiger partial charge in [-0.05, 0) is 42.0 Å². The number of hydrogen-bond donors (Lipinski definition) is 2. The van der Waals surface area contributed by atoms with Crippen LogP contribution in [0.25, 0.3) is 11.4 Å². The van der Waals surface area contributed by atoms with Gasteiger partial charge in [0.15, 0.2) is 0 Å². The first-order chi connectivity index (χ1) is 13.5. The summed E-state index contributed by atoms with van der Waals surface area (Å²) in [6.07, 6.45) is 0.724. The maximum atomic E-state index is 10.7. The van der Waals surface area contributed by atoms with E-state index in [0.717, 1.165) is 17.7 Å². The van der Waals surface area contributed by atoms with Gasteiger partial charge in [-0.25, -0.2) is 0 Å². The number of benzene rings is 2. The summed E-state index contributed by atoms with van der Waals surface area (Å²) in [4.78, 5) is 12.0. The zero-order valence-electron chi connectivity index (χ0n) is 15.6. The fourth-order valence-electron chi connectivity index (χ4n) is 2.84. The van der Waals surface area contributed by atoms with Crippen LogP contribution in [-0.4, -0.2) is 43.4 Å². The minimum absolute atomic E-state index is 0.0444. The highest BCUT2D eigenvalue weighted by molar-refractivity contribution is 5.67. The van der Waals surface area contributed by atoms with Gasteiger partial charge >= 0.3 is 5.97 Å². The number of carboxylic acid groups (broad SMARTS) is 1. The van der Waals surface area contributed by atoms with Crippen LogP contribution in [-0.2, 0) is 17.8 Å². The molecule has 0 bridgehead atoms. The maximum absolute atomic E-state index is 10.7. The number of nitrogens with two attached hydrogens (primary N) is 1. The number of rotatable bonds is 9. The van der Waals surface area contributed by atoms with Crippen molar-refractivity contribution in [1.29, 1.82) is 0 Å². The fraction of sp³-hybridized carbons (Fsp3) is 0.300. The Morgan fingerprint density at radius 2 is 1.89 bits per heavy atom. The number of carboxylic acids is 1. The van der Waals surface area contributed by atoms with E-state index in [4.69, 9.17) is 15.6 Å². The molecule has 0 fully saturated rings. The topological polar surface area (TPSA) is 116 Å². The fourth-order valence-corrected chi connectivity index (χ4v) is 2.84. The van der Waals surface area contributed by atoms with E-state index in [1.807, 2.05) is 49.4 Å². The summed E-state index contributed by atoms with van der Waals surface area (Å²) < 4.78 is 5.97. The molecule has 8 nitrogen and oxygen atoms in total. The standard InChI is InChI=1S/C20H23N5O3/c1-14(11-15-5-3-2-4-6-15)28-18-9-7-16(8-10-18)20-22-24-25(23-20)13-17(21)12-19(26)27/h2-10,14,17H,11-13,21H2,1H3,(H,26,27)/t14-,17+/m1/s1. The molecule has 2 aromatic carbocycles. The highest BCUT2D eigenvalue weighted by atomic mass is 16.5. The molecule has 28 heavy (non-hydrogen) atoms. The van der Waals surface area contributed by atoms with Crippen LogP contribution in [0.2, 0.25) is 0 Å². The number of nitrogens with zero attached hydrogens (tertiary/aromatic N) is 4. The third kappa shape index (κ3) is 5.62. The predicted octanol–water partition coefficient (Wildman–Crippen LogP) is 2.15. The third-order valence-corrected chi connectivity index (χ3v) is 4.10. The molecule has 0 aliphatic heterocycles. The Hall–Kier alpha value is -3.26. The van der Waals surface area contributed by atoms with Crippen molar-refractivity contribution in [3.63, 3.8) is 0 Å². The van der Waals surface area contributed by atoms with Crippen molar-refractivity contribution in [3.8, 4) is 17.1 Å². The second-order valence-corrected chi connectivity index (χ2v) is 6.67. The number of carbonyl (C=O) groups is 1. The molecule has 3 rings (SSSR count). The van der Waals surface area contributed by atoms with Crippen molar-refractivity contribution >= 4 is 5.97 Å². The van der Waals surface area contributed by atoms with Gasteiger partial charge in [-0.1, -0.05) is 30.3 Å². The average Bonchev–Trinajstić information content (AvgIpc) is 3.10. The van der Waals surface area contributed by atoms with Crippen molar-refractivity contribution in [2.45, 2.75) is 38.5 Å². The SMILES string of the molecule is C[C@H](Cc1ccccc1)Oc1ccc(-c2nnn(C[C@@H](N)CC(=O)O)n2)cc1. The van der Waals surface area contributed by atoms with Gasteiger partial charge in [0.1, 0.15) is 5.75 Å². The summed E-state index contributed by atoms with van der Waals surface area (Å²) in [7, 11) is 0. The van der Waals surface area contributed by atoms with Crippen molar-refractivity contribution in [3.05, 3.63) is 60.2 Å². The zero-order valence-corrected chi connectivity index (χ0v) is 15.6. The van der Waals surface area contributed by atoms with Crippen LogP contribution in [0.1, 0.15) is 18.9 Å². The number of aromatic nitrogens is 4. The minimum atomic E-state index is -0.954. The van der Waals surface area contributed by atoms with Crippen molar-refractivity contribution in [2.75, 3.05) is 0 Å². The van der Waals surface area contributed by atoms with Gasteiger partial charge < -0.3 is 15.6 Å². The molecule has 3 aromatic rings. The van der Waals surface area contributed by atoms with Crippen LogP contribution >= 0.6 is 0 Å². The monoisotopic (exact) mass is 381 g/mol. The molecule has 0 aliphatic carbocycles. The van der Waals surface area contributed by atoms with Gasteiger partial charge in [-0.15, -0.1) is 10.2 Å². The molecule has 1 heterocycles. The summed E-state index contributed by atoms with van der Waals surface area (Å²) in [6.45, 7) is 2.23. The molecular formula is C20H23N5O3. The lowest BCUT2D eigenvalue weighted by atomic mass is 10.1. The van der Waals surface area contributed by atoms with E-state index in [-0.39, 0.29) is 19.1 Å². The molecule has 0 amide bonds. The molecule has 1 aromatic heterocycles. The van der Waals surface area contributed by atoms with E-state index in [0.29, 0.717) is 5.82 Å². The van der Waals surface area contributed by atoms with Crippen molar-refractivity contribution in [1.82, 2.24) is 20.2 Å². The Balaban J connectivity index is 1.57. The molecule has 2 atom stereocenters. The highest BCUT2D eigenvalue weighted by Gasteiger charge is 2.12. The summed E-state index contributed by atoms with van der Waals surface area (Å²) in [5.74, 6) is 0.263. The van der Waals surface area contributed by atoms with Gasteiger partial charge in [-0.2, -0.15) is 4.80 Å². The Morgan fingerprint density at radius 1 is 1.18 bits per heavy atom. The Labute approximate surface area is 162 Å². The molecule has 8 heteroatoms. The van der Waals surface area contributed by atoms with Crippen LogP contribution in [0.3, 0.4) is 0 Å². The van der Waals surface area contributed by atoms with Gasteiger partial charge in [0, 0.05) is 18.0 Å². The second kappa shape index (κ2) is 9.09. The third-order valence-electron chi connectivity index (χ3n) is 4.10. The average molecular weight is 381 g/mol. The predicted molar refractivity (Wildman–Crippen MR) is 104 cm³/mol. The van der Waals surface area contributed by atoms with Crippen LogP contribution < -0.4 is 10.5 Å². The number of ether oxygens (including phenoxy) is 1. The normalized spacial score (nSPS) is 13.1. The maximum Gasteiger partial charge on any atom is 0.304 e. The first-order valence-corrected chi connectivity index (χ1v) is 9.06. The summed E-state index contributed by atoms with van der Waals surface area (Å²) >= 11 is 0. The molecule has 0 saturated carbocycles. The molecular weight excluding hydrogens is 358 g/mol. The van der Waals surface area contributed by atoms with Gasteiger partial charge in [0.05, 0.1) is 19.1 Å². The molecule has 3 N–H and O–H groups in total. The lowest BCUT2D eigenvalue weighted by Crippen LogP contribution is -2.30. The quantitative estimate of drug-likeness (QED) is 0.583. The van der Waals surface area contributed by atoms with Crippen LogP contribution in [0.4, 0.5) is 0 Å². The summed E-state index contributed by atoms with van der Waals surface area (Å²) in [5.41, 5.74) is 7.77. The van der Waals surface area contributed by atoms with Crippen LogP contribution in [0.5, 0.6) is 5.75 Å². The Morgan fingerprint density at radius 3 is 2.57 bits per heavy atom. The van der Waals surface area contributed by atoms with E-state index < -0.39 is 12.0 Å². The van der Waals surface area contributed by atoms with Gasteiger partial charge in [0.25, 0.3) is 0 Å². The molecule has 0 unspecified atom stereocenters. The smallest absolute Gasteiger partial charge is 0.304 e. The number of tetrazole rings is 1. The van der Waals surface area contributed by atoms with Gasteiger partial charge in [-0.3, -0.25) is 4.79 Å². The lowest BCUT2D eigenvalue weighted by molar-refractivity contribution is -0.137. The lowest BCUT2D eigenvalue weighted by Gasteiger charge is -2.15. The molecule has 0 saturated heterocycles. The number of aliphatic carboxylic acids is 1. The molecule has 146 valence electrons. The van der Waals surface area contributed by atoms with Crippen molar-refractivity contribution < 1.29 is 14.6 Å². The largest absolute Gasteiger partial charge is 0.490 e. The van der Waals surface area contributed by atoms with Gasteiger partial charge in [0.2, 0.25) is 5.82 Å². The van der Waals surface area contributed by atoms with E-state index >= 15 is 0 Å². The summed E-state index contributed by atoms with van der Waals surface area (Å²) in [6, 6.07) is 17.1. The first kappa shape index (κ1) is 19.5. The second-order valence-electron chi connectivity index (χ2n) is 6.67. The zero-order chi connectivity index (χ0) is 19.9.